The third-order valence-corrected chi connectivity index (χ3v) is 5.36. The van der Waals surface area contributed by atoms with Crippen molar-refractivity contribution in [3.8, 4) is 22.8 Å². The van der Waals surface area contributed by atoms with Gasteiger partial charge in [0.25, 0.3) is 11.8 Å². The number of halogens is 3. The van der Waals surface area contributed by atoms with Gasteiger partial charge in [0.2, 0.25) is 11.7 Å². The lowest BCUT2D eigenvalue weighted by Crippen LogP contribution is -2.40. The molecule has 180 valence electrons. The third kappa shape index (κ3) is 4.89. The first-order chi connectivity index (χ1) is 17.0. The molecule has 1 fully saturated rings. The summed E-state index contributed by atoms with van der Waals surface area (Å²) >= 11 is 0. The van der Waals surface area contributed by atoms with Gasteiger partial charge in [-0.05, 0) is 29.5 Å². The van der Waals surface area contributed by atoms with E-state index >= 15 is 0 Å². The lowest BCUT2D eigenvalue weighted by molar-refractivity contribution is 0.0303. The molecule has 1 saturated heterocycles. The number of alkyl halides is 2. The van der Waals surface area contributed by atoms with Crippen LogP contribution < -0.4 is 0 Å². The van der Waals surface area contributed by atoms with Crippen molar-refractivity contribution in [1.29, 1.82) is 0 Å². The molecule has 0 saturated carbocycles. The van der Waals surface area contributed by atoms with E-state index in [0.717, 1.165) is 6.07 Å². The Morgan fingerprint density at radius 3 is 2.60 bits per heavy atom. The minimum Gasteiger partial charge on any atom is -0.415 e. The van der Waals surface area contributed by atoms with Crippen molar-refractivity contribution in [1.82, 2.24) is 35.3 Å². The lowest BCUT2D eigenvalue weighted by Gasteiger charge is -2.26. The summed E-state index contributed by atoms with van der Waals surface area (Å²) in [5.41, 5.74) is 1.50. The Labute approximate surface area is 196 Å². The second-order valence-electron chi connectivity index (χ2n) is 7.68. The molecule has 0 unspecified atom stereocenters. The zero-order chi connectivity index (χ0) is 24.4. The standard InChI is InChI=1S/C22H18F3N7O3/c23-17-11-14(20-27-28-21(35-20)18(24)25)4-5-16(17)12-32-29-19(26-30-32)13-2-1-3-15(10-13)22(33)31-6-8-34-9-7-31/h1-5,10-11,18H,6-9,12H2. The van der Waals surface area contributed by atoms with Gasteiger partial charge >= 0.3 is 6.43 Å². The molecule has 1 amide bonds. The molecule has 0 N–H and O–H groups in total. The van der Waals surface area contributed by atoms with Gasteiger partial charge in [0, 0.05) is 35.3 Å². The van der Waals surface area contributed by atoms with E-state index in [0.29, 0.717) is 37.4 Å². The number of rotatable bonds is 6. The van der Waals surface area contributed by atoms with E-state index in [1.165, 1.54) is 16.9 Å². The molecule has 0 atom stereocenters. The van der Waals surface area contributed by atoms with Crippen molar-refractivity contribution < 1.29 is 27.1 Å². The molecule has 4 aromatic rings. The van der Waals surface area contributed by atoms with Crippen LogP contribution in [-0.2, 0) is 11.3 Å². The highest BCUT2D eigenvalue weighted by Crippen LogP contribution is 2.25. The van der Waals surface area contributed by atoms with E-state index in [-0.39, 0.29) is 35.3 Å². The molecule has 0 aliphatic carbocycles. The van der Waals surface area contributed by atoms with Crippen molar-refractivity contribution in [2.24, 2.45) is 0 Å². The summed E-state index contributed by atoms with van der Waals surface area (Å²) in [5.74, 6) is -1.50. The Hall–Kier alpha value is -4.13. The maximum Gasteiger partial charge on any atom is 0.314 e. The van der Waals surface area contributed by atoms with Gasteiger partial charge in [-0.2, -0.15) is 13.6 Å². The fraction of sp³-hybridized carbons (Fsp3) is 0.273. The Balaban J connectivity index is 1.31. The smallest absolute Gasteiger partial charge is 0.314 e. The molecule has 2 aromatic heterocycles. The largest absolute Gasteiger partial charge is 0.415 e. The quantitative estimate of drug-likeness (QED) is 0.410. The van der Waals surface area contributed by atoms with Crippen LogP contribution in [0.3, 0.4) is 0 Å². The molecule has 0 radical (unpaired) electrons. The van der Waals surface area contributed by atoms with E-state index in [4.69, 9.17) is 9.15 Å². The molecule has 0 bridgehead atoms. The van der Waals surface area contributed by atoms with Gasteiger partial charge in [-0.15, -0.1) is 20.4 Å². The minimum absolute atomic E-state index is 0.0301. The second-order valence-corrected chi connectivity index (χ2v) is 7.68. The maximum absolute atomic E-state index is 14.7. The third-order valence-electron chi connectivity index (χ3n) is 5.36. The zero-order valence-electron chi connectivity index (χ0n) is 18.1. The molecular formula is C22H18F3N7O3. The second kappa shape index (κ2) is 9.62. The van der Waals surface area contributed by atoms with Crippen molar-refractivity contribution >= 4 is 5.91 Å². The number of carbonyl (C=O) groups excluding carboxylic acids is 1. The van der Waals surface area contributed by atoms with Crippen LogP contribution in [0.2, 0.25) is 0 Å². The topological polar surface area (TPSA) is 112 Å². The van der Waals surface area contributed by atoms with Crippen LogP contribution in [-0.4, -0.2) is 67.5 Å². The Morgan fingerprint density at radius 2 is 1.86 bits per heavy atom. The molecule has 13 heteroatoms. The maximum atomic E-state index is 14.7. The number of amides is 1. The fourth-order valence-electron chi connectivity index (χ4n) is 3.57. The Kier molecular flexibility index (Phi) is 6.23. The van der Waals surface area contributed by atoms with Gasteiger partial charge in [-0.25, -0.2) is 4.39 Å². The first-order valence-electron chi connectivity index (χ1n) is 10.6. The average molecular weight is 485 g/mol. The summed E-state index contributed by atoms with van der Waals surface area (Å²) in [4.78, 5) is 15.7. The van der Waals surface area contributed by atoms with Crippen LogP contribution in [0, 0.1) is 5.82 Å². The molecular weight excluding hydrogens is 467 g/mol. The van der Waals surface area contributed by atoms with Gasteiger partial charge < -0.3 is 14.1 Å². The summed E-state index contributed by atoms with van der Waals surface area (Å²) in [6.45, 7) is 2.04. The highest BCUT2D eigenvalue weighted by Gasteiger charge is 2.20. The molecule has 5 rings (SSSR count). The summed E-state index contributed by atoms with van der Waals surface area (Å²) < 4.78 is 50.1. The van der Waals surface area contributed by atoms with E-state index < -0.39 is 18.1 Å². The van der Waals surface area contributed by atoms with Gasteiger partial charge in [-0.1, -0.05) is 18.2 Å². The number of benzene rings is 2. The summed E-state index contributed by atoms with van der Waals surface area (Å²) in [6.07, 6.45) is -2.91. The summed E-state index contributed by atoms with van der Waals surface area (Å²) in [7, 11) is 0. The predicted octanol–water partition coefficient (Wildman–Crippen LogP) is 2.99. The van der Waals surface area contributed by atoms with Crippen molar-refractivity contribution in [2.45, 2.75) is 13.0 Å². The van der Waals surface area contributed by atoms with Gasteiger partial charge in [-0.3, -0.25) is 4.79 Å². The number of ether oxygens (including phenoxy) is 1. The van der Waals surface area contributed by atoms with Crippen LogP contribution in [0.1, 0.15) is 28.2 Å². The molecule has 2 aromatic carbocycles. The first-order valence-corrected chi connectivity index (χ1v) is 10.6. The van der Waals surface area contributed by atoms with Gasteiger partial charge in [0.1, 0.15) is 5.82 Å². The monoisotopic (exact) mass is 485 g/mol. The molecule has 10 nitrogen and oxygen atoms in total. The summed E-state index contributed by atoms with van der Waals surface area (Å²) in [6, 6.07) is 10.9. The number of hydrogen-bond donors (Lipinski definition) is 0. The number of tetrazole rings is 1. The first kappa shape index (κ1) is 22.7. The van der Waals surface area contributed by atoms with Crippen LogP contribution in [0.25, 0.3) is 22.8 Å². The number of aromatic nitrogens is 6. The molecule has 3 heterocycles. The molecule has 35 heavy (non-hydrogen) atoms. The summed E-state index contributed by atoms with van der Waals surface area (Å²) in [5, 5.41) is 19.0. The predicted molar refractivity (Wildman–Crippen MR) is 114 cm³/mol. The molecule has 1 aliphatic heterocycles. The fourth-order valence-corrected chi connectivity index (χ4v) is 3.57. The Bertz CT molecular complexity index is 1350. The van der Waals surface area contributed by atoms with Crippen LogP contribution in [0.4, 0.5) is 13.2 Å². The van der Waals surface area contributed by atoms with Crippen LogP contribution in [0.15, 0.2) is 46.9 Å². The molecule has 1 aliphatic rings. The van der Waals surface area contributed by atoms with Crippen LogP contribution >= 0.6 is 0 Å². The van der Waals surface area contributed by atoms with Gasteiger partial charge in [0.05, 0.1) is 19.8 Å². The minimum atomic E-state index is -2.91. The molecule has 0 spiro atoms. The average Bonchev–Trinajstić information content (AvgIpc) is 3.56. The normalized spacial score (nSPS) is 14.0. The zero-order valence-corrected chi connectivity index (χ0v) is 18.1. The number of morpholine rings is 1. The van der Waals surface area contributed by atoms with E-state index in [9.17, 15) is 18.0 Å². The van der Waals surface area contributed by atoms with E-state index in [1.54, 1.807) is 29.2 Å². The van der Waals surface area contributed by atoms with E-state index in [2.05, 4.69) is 25.6 Å². The van der Waals surface area contributed by atoms with Crippen LogP contribution in [0.5, 0.6) is 0 Å². The van der Waals surface area contributed by atoms with Crippen molar-refractivity contribution in [3.05, 3.63) is 65.3 Å². The number of hydrogen-bond acceptors (Lipinski definition) is 8. The lowest BCUT2D eigenvalue weighted by atomic mass is 10.1. The highest BCUT2D eigenvalue weighted by molar-refractivity contribution is 5.95. The Morgan fingerprint density at radius 1 is 1.03 bits per heavy atom. The number of nitrogens with zero attached hydrogens (tertiary/aromatic N) is 7. The number of carbonyl (C=O) groups is 1. The van der Waals surface area contributed by atoms with E-state index in [1.807, 2.05) is 0 Å². The SMILES string of the molecule is O=C(c1cccc(-c2nnn(Cc3ccc(-c4nnc(C(F)F)o4)cc3F)n2)c1)N1CCOCC1. The van der Waals surface area contributed by atoms with Crippen molar-refractivity contribution in [3.63, 3.8) is 0 Å². The highest BCUT2D eigenvalue weighted by atomic mass is 19.3. The van der Waals surface area contributed by atoms with Gasteiger partial charge in [0.15, 0.2) is 0 Å². The van der Waals surface area contributed by atoms with Crippen molar-refractivity contribution in [2.75, 3.05) is 26.3 Å².